The van der Waals surface area contributed by atoms with E-state index < -0.39 is 11.8 Å². The fourth-order valence-electron chi connectivity index (χ4n) is 1.96. The van der Waals surface area contributed by atoms with Gasteiger partial charge in [0.2, 0.25) is 0 Å². The fraction of sp³-hybridized carbons (Fsp3) is 0.267. The van der Waals surface area contributed by atoms with E-state index in [9.17, 15) is 9.18 Å². The number of halogens is 1. The lowest BCUT2D eigenvalue weighted by Gasteiger charge is -2.06. The second-order valence-corrected chi connectivity index (χ2v) is 4.48. The van der Waals surface area contributed by atoms with Crippen molar-refractivity contribution in [1.82, 2.24) is 14.8 Å². The lowest BCUT2D eigenvalue weighted by molar-refractivity contribution is -0.131. The molecule has 1 N–H and O–H groups in total. The summed E-state index contributed by atoms with van der Waals surface area (Å²) in [6.45, 7) is 3.90. The van der Waals surface area contributed by atoms with Crippen LogP contribution in [0.1, 0.15) is 31.1 Å². The normalized spacial score (nSPS) is 11.2. The predicted octanol–water partition coefficient (Wildman–Crippen LogP) is 2.63. The van der Waals surface area contributed by atoms with Crippen LogP contribution in [0.3, 0.4) is 0 Å². The van der Waals surface area contributed by atoms with E-state index >= 15 is 0 Å². The van der Waals surface area contributed by atoms with Crippen LogP contribution in [0.2, 0.25) is 0 Å². The zero-order valence-corrected chi connectivity index (χ0v) is 11.9. The molecule has 2 rings (SSSR count). The van der Waals surface area contributed by atoms with Crippen LogP contribution in [0.15, 0.2) is 24.3 Å². The van der Waals surface area contributed by atoms with Crippen molar-refractivity contribution < 1.29 is 14.3 Å². The zero-order chi connectivity index (χ0) is 15.4. The smallest absolute Gasteiger partial charge is 0.328 e. The summed E-state index contributed by atoms with van der Waals surface area (Å²) in [5.41, 5.74) is 0.993. The standard InChI is InChI=1S/C15H16FN3O2/c1-3-13-17-14(4-2)19(18-13)12-8-10(5-6-15(20)21)7-11(16)9-12/h5-9H,3-4H2,1-2H3,(H,20,21)/b6-5+. The fourth-order valence-corrected chi connectivity index (χ4v) is 1.96. The van der Waals surface area contributed by atoms with Gasteiger partial charge in [0, 0.05) is 18.9 Å². The van der Waals surface area contributed by atoms with E-state index in [0.29, 0.717) is 29.9 Å². The summed E-state index contributed by atoms with van der Waals surface area (Å²) in [6.07, 6.45) is 3.68. The van der Waals surface area contributed by atoms with Gasteiger partial charge in [0.15, 0.2) is 5.82 Å². The number of carboxylic acids is 1. The number of carboxylic acid groups (broad SMARTS) is 1. The van der Waals surface area contributed by atoms with Gasteiger partial charge in [-0.2, -0.15) is 5.10 Å². The number of carbonyl (C=O) groups is 1. The van der Waals surface area contributed by atoms with Crippen molar-refractivity contribution in [2.75, 3.05) is 0 Å². The second-order valence-electron chi connectivity index (χ2n) is 4.48. The monoisotopic (exact) mass is 289 g/mol. The molecule has 21 heavy (non-hydrogen) atoms. The maximum Gasteiger partial charge on any atom is 0.328 e. The van der Waals surface area contributed by atoms with Gasteiger partial charge in [-0.1, -0.05) is 13.8 Å². The molecule has 1 aromatic heterocycles. The van der Waals surface area contributed by atoms with Gasteiger partial charge in [-0.25, -0.2) is 18.9 Å². The molecule has 0 radical (unpaired) electrons. The van der Waals surface area contributed by atoms with Gasteiger partial charge < -0.3 is 5.11 Å². The maximum absolute atomic E-state index is 13.7. The summed E-state index contributed by atoms with van der Waals surface area (Å²) in [5.74, 6) is -0.0958. The Balaban J connectivity index is 2.48. The highest BCUT2D eigenvalue weighted by atomic mass is 19.1. The minimum atomic E-state index is -1.08. The first-order chi connectivity index (χ1) is 10.0. The molecule has 0 spiro atoms. The highest BCUT2D eigenvalue weighted by molar-refractivity contribution is 5.85. The van der Waals surface area contributed by atoms with Crippen molar-refractivity contribution in [3.05, 3.63) is 47.3 Å². The van der Waals surface area contributed by atoms with Crippen molar-refractivity contribution in [1.29, 1.82) is 0 Å². The summed E-state index contributed by atoms with van der Waals surface area (Å²) in [7, 11) is 0. The average Bonchev–Trinajstić information content (AvgIpc) is 2.88. The predicted molar refractivity (Wildman–Crippen MR) is 76.7 cm³/mol. The molecule has 0 aliphatic carbocycles. The van der Waals surface area contributed by atoms with Crippen LogP contribution < -0.4 is 0 Å². The molecule has 0 bridgehead atoms. The first-order valence-corrected chi connectivity index (χ1v) is 6.70. The first-order valence-electron chi connectivity index (χ1n) is 6.70. The molecule has 2 aromatic rings. The van der Waals surface area contributed by atoms with E-state index in [1.165, 1.54) is 18.2 Å². The van der Waals surface area contributed by atoms with E-state index in [-0.39, 0.29) is 0 Å². The Morgan fingerprint density at radius 1 is 1.33 bits per heavy atom. The number of aliphatic carboxylic acids is 1. The summed E-state index contributed by atoms with van der Waals surface area (Å²) < 4.78 is 15.3. The van der Waals surface area contributed by atoms with Gasteiger partial charge in [0.25, 0.3) is 0 Å². The van der Waals surface area contributed by atoms with Gasteiger partial charge in [0.05, 0.1) is 5.69 Å². The zero-order valence-electron chi connectivity index (χ0n) is 11.9. The molecule has 6 heteroatoms. The quantitative estimate of drug-likeness (QED) is 0.859. The SMILES string of the molecule is CCc1nc(CC)n(-c2cc(F)cc(/C=C/C(=O)O)c2)n1. The van der Waals surface area contributed by atoms with Gasteiger partial charge in [-0.05, 0) is 29.8 Å². The van der Waals surface area contributed by atoms with Gasteiger partial charge in [-0.3, -0.25) is 0 Å². The topological polar surface area (TPSA) is 68.0 Å². The molecule has 110 valence electrons. The Morgan fingerprint density at radius 3 is 2.71 bits per heavy atom. The number of nitrogens with zero attached hydrogens (tertiary/aromatic N) is 3. The number of hydrogen-bond acceptors (Lipinski definition) is 3. The van der Waals surface area contributed by atoms with E-state index in [4.69, 9.17) is 5.11 Å². The molecule has 0 fully saturated rings. The summed E-state index contributed by atoms with van der Waals surface area (Å²) in [6, 6.07) is 4.30. The van der Waals surface area contributed by atoms with Crippen LogP contribution >= 0.6 is 0 Å². The minimum absolute atomic E-state index is 0.451. The molecule has 1 heterocycles. The van der Waals surface area contributed by atoms with Gasteiger partial charge in [0.1, 0.15) is 11.6 Å². The number of rotatable bonds is 5. The van der Waals surface area contributed by atoms with Crippen molar-refractivity contribution >= 4 is 12.0 Å². The van der Waals surface area contributed by atoms with Crippen molar-refractivity contribution in [2.24, 2.45) is 0 Å². The Labute approximate surface area is 121 Å². The Morgan fingerprint density at radius 2 is 2.10 bits per heavy atom. The van der Waals surface area contributed by atoms with Crippen LogP contribution in [0.5, 0.6) is 0 Å². The molecular formula is C15H16FN3O2. The highest BCUT2D eigenvalue weighted by Gasteiger charge is 2.10. The van der Waals surface area contributed by atoms with E-state index in [1.54, 1.807) is 10.7 Å². The van der Waals surface area contributed by atoms with E-state index in [1.807, 2.05) is 13.8 Å². The Hall–Kier alpha value is -2.50. The van der Waals surface area contributed by atoms with Crippen LogP contribution in [-0.2, 0) is 17.6 Å². The molecule has 0 saturated carbocycles. The van der Waals surface area contributed by atoms with E-state index in [0.717, 1.165) is 11.9 Å². The molecular weight excluding hydrogens is 273 g/mol. The number of benzene rings is 1. The molecule has 0 unspecified atom stereocenters. The Bertz CT molecular complexity index is 692. The maximum atomic E-state index is 13.7. The molecule has 0 aliphatic heterocycles. The third-order valence-corrected chi connectivity index (χ3v) is 2.92. The van der Waals surface area contributed by atoms with Crippen molar-refractivity contribution in [2.45, 2.75) is 26.7 Å². The molecule has 5 nitrogen and oxygen atoms in total. The molecule has 0 amide bonds. The van der Waals surface area contributed by atoms with Crippen LogP contribution in [0, 0.1) is 5.82 Å². The first kappa shape index (κ1) is 14.9. The summed E-state index contributed by atoms with van der Waals surface area (Å²) >= 11 is 0. The van der Waals surface area contributed by atoms with Crippen LogP contribution in [0.4, 0.5) is 4.39 Å². The number of aryl methyl sites for hydroxylation is 2. The number of hydrogen-bond donors (Lipinski definition) is 1. The van der Waals surface area contributed by atoms with Crippen molar-refractivity contribution in [3.8, 4) is 5.69 Å². The van der Waals surface area contributed by atoms with E-state index in [2.05, 4.69) is 10.1 Å². The summed E-state index contributed by atoms with van der Waals surface area (Å²) in [4.78, 5) is 14.9. The minimum Gasteiger partial charge on any atom is -0.478 e. The lowest BCUT2D eigenvalue weighted by atomic mass is 10.1. The van der Waals surface area contributed by atoms with Crippen LogP contribution in [0.25, 0.3) is 11.8 Å². The van der Waals surface area contributed by atoms with Gasteiger partial charge in [-0.15, -0.1) is 0 Å². The lowest BCUT2D eigenvalue weighted by Crippen LogP contribution is -2.03. The third kappa shape index (κ3) is 3.53. The third-order valence-electron chi connectivity index (χ3n) is 2.92. The largest absolute Gasteiger partial charge is 0.478 e. The van der Waals surface area contributed by atoms with Crippen LogP contribution in [-0.4, -0.2) is 25.8 Å². The molecule has 1 aromatic carbocycles. The molecule has 0 saturated heterocycles. The average molecular weight is 289 g/mol. The highest BCUT2D eigenvalue weighted by Crippen LogP contribution is 2.16. The molecule has 0 atom stereocenters. The number of aromatic nitrogens is 3. The van der Waals surface area contributed by atoms with Crippen molar-refractivity contribution in [3.63, 3.8) is 0 Å². The second kappa shape index (κ2) is 6.30. The molecule has 0 aliphatic rings. The summed E-state index contributed by atoms with van der Waals surface area (Å²) in [5, 5.41) is 13.0. The van der Waals surface area contributed by atoms with Gasteiger partial charge >= 0.3 is 5.97 Å². The Kier molecular flexibility index (Phi) is 4.47.